The number of nitrogens with zero attached hydrogens (tertiary/aromatic N) is 1. The van der Waals surface area contributed by atoms with Crippen molar-refractivity contribution < 1.29 is 4.74 Å². The van der Waals surface area contributed by atoms with Gasteiger partial charge in [0, 0.05) is 32.4 Å². The van der Waals surface area contributed by atoms with E-state index in [0.717, 1.165) is 38.8 Å². The zero-order chi connectivity index (χ0) is 13.5. The van der Waals surface area contributed by atoms with Crippen molar-refractivity contribution in [2.45, 2.75) is 26.3 Å². The largest absolute Gasteiger partial charge is 0.379 e. The molecule has 1 fully saturated rings. The first-order valence-electron chi connectivity index (χ1n) is 7.38. The molecule has 1 aromatic rings. The molecule has 0 unspecified atom stereocenters. The first kappa shape index (κ1) is 14.4. The Kier molecular flexibility index (Phi) is 5.67. The number of nitrogens with one attached hydrogen (secondary N) is 1. The van der Waals surface area contributed by atoms with Crippen molar-refractivity contribution in [2.75, 3.05) is 38.3 Å². The van der Waals surface area contributed by atoms with Gasteiger partial charge >= 0.3 is 0 Å². The molecule has 2 rings (SSSR count). The van der Waals surface area contributed by atoms with Gasteiger partial charge in [-0.3, -0.25) is 0 Å². The molecule has 0 aromatic heterocycles. The third kappa shape index (κ3) is 4.84. The van der Waals surface area contributed by atoms with Crippen LogP contribution in [0.1, 0.15) is 25.3 Å². The van der Waals surface area contributed by atoms with Crippen molar-refractivity contribution >= 4 is 5.69 Å². The molecule has 0 heterocycles. The summed E-state index contributed by atoms with van der Waals surface area (Å²) in [5.74, 6) is 0.853. The van der Waals surface area contributed by atoms with E-state index in [1.54, 1.807) is 0 Å². The number of likely N-dealkylation sites (N-methyl/N-ethyl adjacent to an activating group) is 1. The van der Waals surface area contributed by atoms with Gasteiger partial charge in [-0.25, -0.2) is 0 Å². The highest BCUT2D eigenvalue weighted by atomic mass is 16.5. The van der Waals surface area contributed by atoms with Crippen molar-refractivity contribution in [3.8, 4) is 0 Å². The van der Waals surface area contributed by atoms with E-state index in [4.69, 9.17) is 4.74 Å². The third-order valence-electron chi connectivity index (χ3n) is 3.59. The van der Waals surface area contributed by atoms with Crippen LogP contribution in [0.15, 0.2) is 24.3 Å². The Morgan fingerprint density at radius 1 is 1.32 bits per heavy atom. The molecule has 1 aliphatic rings. The summed E-state index contributed by atoms with van der Waals surface area (Å²) in [6.45, 7) is 6.80. The summed E-state index contributed by atoms with van der Waals surface area (Å²) in [7, 11) is 2.14. The molecular weight excluding hydrogens is 236 g/mol. The summed E-state index contributed by atoms with van der Waals surface area (Å²) in [5.41, 5.74) is 2.66. The molecule has 0 spiro atoms. The highest BCUT2D eigenvalue weighted by Gasteiger charge is 2.21. The fourth-order valence-corrected chi connectivity index (χ4v) is 2.15. The average Bonchev–Trinajstić information content (AvgIpc) is 3.25. The second-order valence-corrected chi connectivity index (χ2v) is 5.35. The molecule has 1 aromatic carbocycles. The molecule has 0 aliphatic heterocycles. The van der Waals surface area contributed by atoms with E-state index in [-0.39, 0.29) is 0 Å². The van der Waals surface area contributed by atoms with Gasteiger partial charge in [0.25, 0.3) is 0 Å². The average molecular weight is 262 g/mol. The summed E-state index contributed by atoms with van der Waals surface area (Å²) >= 11 is 0. The van der Waals surface area contributed by atoms with Gasteiger partial charge in [-0.05, 0) is 36.9 Å². The lowest BCUT2D eigenvalue weighted by Crippen LogP contribution is -2.25. The van der Waals surface area contributed by atoms with Crippen molar-refractivity contribution in [1.29, 1.82) is 0 Å². The lowest BCUT2D eigenvalue weighted by atomic mass is 10.1. The second-order valence-electron chi connectivity index (χ2n) is 5.35. The maximum atomic E-state index is 5.71. The van der Waals surface area contributed by atoms with Gasteiger partial charge in [-0.2, -0.15) is 0 Å². The van der Waals surface area contributed by atoms with Gasteiger partial charge in [-0.1, -0.05) is 25.1 Å². The highest BCUT2D eigenvalue weighted by Crippen LogP contribution is 2.28. The number of ether oxygens (including phenoxy) is 1. The van der Waals surface area contributed by atoms with Crippen LogP contribution in [-0.4, -0.2) is 33.4 Å². The lowest BCUT2D eigenvalue weighted by molar-refractivity contribution is 0.131. The van der Waals surface area contributed by atoms with E-state index >= 15 is 0 Å². The smallest absolute Gasteiger partial charge is 0.0641 e. The number of benzene rings is 1. The number of para-hydroxylation sites is 1. The molecule has 0 atom stereocenters. The Hall–Kier alpha value is -1.06. The molecule has 1 N–H and O–H groups in total. The van der Waals surface area contributed by atoms with Crippen molar-refractivity contribution in [1.82, 2.24) is 5.32 Å². The van der Waals surface area contributed by atoms with Gasteiger partial charge < -0.3 is 15.0 Å². The molecule has 106 valence electrons. The van der Waals surface area contributed by atoms with Crippen molar-refractivity contribution in [2.24, 2.45) is 5.92 Å². The maximum Gasteiger partial charge on any atom is 0.0641 e. The van der Waals surface area contributed by atoms with Gasteiger partial charge in [0.05, 0.1) is 6.61 Å². The normalized spacial score (nSPS) is 14.6. The van der Waals surface area contributed by atoms with Crippen LogP contribution in [0.25, 0.3) is 0 Å². The van der Waals surface area contributed by atoms with E-state index in [1.165, 1.54) is 24.1 Å². The minimum Gasteiger partial charge on any atom is -0.379 e. The molecule has 1 aliphatic carbocycles. The summed E-state index contributed by atoms with van der Waals surface area (Å²) < 4.78 is 5.71. The van der Waals surface area contributed by atoms with Crippen LogP contribution < -0.4 is 10.2 Å². The standard InChI is InChI=1S/C16H26N2O/c1-3-17-12-15-6-4-5-7-16(15)18(2)10-11-19-13-14-8-9-14/h4-7,14,17H,3,8-13H2,1-2H3. The van der Waals surface area contributed by atoms with Gasteiger partial charge in [0.2, 0.25) is 0 Å². The van der Waals surface area contributed by atoms with Crippen LogP contribution in [0.4, 0.5) is 5.69 Å². The van der Waals surface area contributed by atoms with Crippen molar-refractivity contribution in [3.63, 3.8) is 0 Å². The molecule has 1 saturated carbocycles. The minimum absolute atomic E-state index is 0.822. The molecule has 0 bridgehead atoms. The second kappa shape index (κ2) is 7.51. The molecule has 0 radical (unpaired) electrons. The quantitative estimate of drug-likeness (QED) is 0.692. The van der Waals surface area contributed by atoms with Crippen LogP contribution in [0, 0.1) is 5.92 Å². The van der Waals surface area contributed by atoms with E-state index in [2.05, 4.69) is 48.5 Å². The predicted molar refractivity (Wildman–Crippen MR) is 80.6 cm³/mol. The molecule has 19 heavy (non-hydrogen) atoms. The van der Waals surface area contributed by atoms with Crippen LogP contribution in [0.5, 0.6) is 0 Å². The Labute approximate surface area is 116 Å². The monoisotopic (exact) mass is 262 g/mol. The zero-order valence-corrected chi connectivity index (χ0v) is 12.2. The molecule has 3 heteroatoms. The van der Waals surface area contributed by atoms with Crippen LogP contribution in [-0.2, 0) is 11.3 Å². The summed E-state index contributed by atoms with van der Waals surface area (Å²) in [6, 6.07) is 8.59. The zero-order valence-electron chi connectivity index (χ0n) is 12.2. The van der Waals surface area contributed by atoms with Crippen molar-refractivity contribution in [3.05, 3.63) is 29.8 Å². The Morgan fingerprint density at radius 3 is 2.84 bits per heavy atom. The Morgan fingerprint density at radius 2 is 2.11 bits per heavy atom. The Bertz CT molecular complexity index is 377. The van der Waals surface area contributed by atoms with E-state index in [0.29, 0.717) is 0 Å². The molecule has 0 amide bonds. The van der Waals surface area contributed by atoms with Gasteiger partial charge in [0.1, 0.15) is 0 Å². The van der Waals surface area contributed by atoms with Crippen LogP contribution >= 0.6 is 0 Å². The number of hydrogen-bond acceptors (Lipinski definition) is 3. The number of rotatable bonds is 9. The lowest BCUT2D eigenvalue weighted by Gasteiger charge is -2.22. The summed E-state index contributed by atoms with van der Waals surface area (Å²) in [4.78, 5) is 2.29. The highest BCUT2D eigenvalue weighted by molar-refractivity contribution is 5.52. The Balaban J connectivity index is 1.80. The molecule has 0 saturated heterocycles. The number of hydrogen-bond donors (Lipinski definition) is 1. The topological polar surface area (TPSA) is 24.5 Å². The van der Waals surface area contributed by atoms with Crippen LogP contribution in [0.3, 0.4) is 0 Å². The minimum atomic E-state index is 0.822. The summed E-state index contributed by atoms with van der Waals surface area (Å²) in [6.07, 6.45) is 2.72. The SMILES string of the molecule is CCNCc1ccccc1N(C)CCOCC1CC1. The first-order chi connectivity index (χ1) is 9.31. The predicted octanol–water partition coefficient (Wildman–Crippen LogP) is 2.66. The van der Waals surface area contributed by atoms with Gasteiger partial charge in [0.15, 0.2) is 0 Å². The summed E-state index contributed by atoms with van der Waals surface area (Å²) in [5, 5.41) is 3.39. The third-order valence-corrected chi connectivity index (χ3v) is 3.59. The molecule has 3 nitrogen and oxygen atoms in total. The first-order valence-corrected chi connectivity index (χ1v) is 7.38. The van der Waals surface area contributed by atoms with Gasteiger partial charge in [-0.15, -0.1) is 0 Å². The van der Waals surface area contributed by atoms with E-state index in [1.807, 2.05) is 0 Å². The fraction of sp³-hybridized carbons (Fsp3) is 0.625. The number of anilines is 1. The van der Waals surface area contributed by atoms with Crippen LogP contribution in [0.2, 0.25) is 0 Å². The van der Waals surface area contributed by atoms with E-state index in [9.17, 15) is 0 Å². The maximum absolute atomic E-state index is 5.71. The van der Waals surface area contributed by atoms with E-state index < -0.39 is 0 Å². The molecular formula is C16H26N2O. The fourth-order valence-electron chi connectivity index (χ4n) is 2.15.